The molecule has 2 unspecified atom stereocenters. The Balaban J connectivity index is 1.51. The Morgan fingerprint density at radius 3 is 2.66 bits per heavy atom. The number of carbonyl (C=O) groups is 3. The summed E-state index contributed by atoms with van der Waals surface area (Å²) in [6.07, 6.45) is 7.98. The lowest BCUT2D eigenvalue weighted by molar-refractivity contribution is -0.129. The molecule has 1 aliphatic carbocycles. The van der Waals surface area contributed by atoms with Crippen molar-refractivity contribution in [2.75, 3.05) is 11.4 Å². The summed E-state index contributed by atoms with van der Waals surface area (Å²) in [5, 5.41) is 5.76. The van der Waals surface area contributed by atoms with E-state index in [9.17, 15) is 14.4 Å². The number of anilines is 1. The molecular formula is C23H32N6O3. The van der Waals surface area contributed by atoms with Gasteiger partial charge in [-0.1, -0.05) is 31.0 Å². The minimum atomic E-state index is -0.676. The number of benzene rings is 1. The van der Waals surface area contributed by atoms with Gasteiger partial charge in [0.15, 0.2) is 0 Å². The zero-order chi connectivity index (χ0) is 22.7. The van der Waals surface area contributed by atoms with Crippen LogP contribution >= 0.6 is 0 Å². The summed E-state index contributed by atoms with van der Waals surface area (Å²) in [5.41, 5.74) is 11.3. The van der Waals surface area contributed by atoms with Gasteiger partial charge in [-0.25, -0.2) is 0 Å². The Labute approximate surface area is 187 Å². The maximum atomic E-state index is 13.6. The highest BCUT2D eigenvalue weighted by atomic mass is 16.2. The molecule has 172 valence electrons. The van der Waals surface area contributed by atoms with Gasteiger partial charge in [-0.3, -0.25) is 25.1 Å². The average molecular weight is 441 g/mol. The summed E-state index contributed by atoms with van der Waals surface area (Å²) < 4.78 is 0. The molecule has 0 spiro atoms. The molecule has 7 N–H and O–H groups in total. The summed E-state index contributed by atoms with van der Waals surface area (Å²) in [6.45, 7) is 0.117. The maximum Gasteiger partial charge on any atom is 0.250 e. The Hall–Kier alpha value is -3.07. The van der Waals surface area contributed by atoms with E-state index in [-0.39, 0.29) is 24.3 Å². The number of nitrogens with two attached hydrogens (primary N) is 2. The van der Waals surface area contributed by atoms with Gasteiger partial charge >= 0.3 is 0 Å². The molecule has 2 aliphatic heterocycles. The van der Waals surface area contributed by atoms with Crippen molar-refractivity contribution in [1.29, 1.82) is 0 Å². The van der Waals surface area contributed by atoms with Gasteiger partial charge in [0.1, 0.15) is 12.1 Å². The fraction of sp³-hybridized carbons (Fsp3) is 0.522. The van der Waals surface area contributed by atoms with Crippen LogP contribution in [0.15, 0.2) is 30.1 Å². The van der Waals surface area contributed by atoms with E-state index in [0.29, 0.717) is 37.3 Å². The van der Waals surface area contributed by atoms with Crippen molar-refractivity contribution in [1.82, 2.24) is 16.1 Å². The number of hydrogen-bond donors (Lipinski definition) is 5. The minimum absolute atomic E-state index is 0.0752. The van der Waals surface area contributed by atoms with Crippen molar-refractivity contribution in [3.05, 3.63) is 41.2 Å². The van der Waals surface area contributed by atoms with Crippen LogP contribution in [0.1, 0.15) is 49.7 Å². The first-order valence-electron chi connectivity index (χ1n) is 11.4. The van der Waals surface area contributed by atoms with Crippen LogP contribution in [-0.2, 0) is 27.2 Å². The van der Waals surface area contributed by atoms with Gasteiger partial charge in [-0.15, -0.1) is 0 Å². The highest BCUT2D eigenvalue weighted by molar-refractivity contribution is 6.07. The van der Waals surface area contributed by atoms with Crippen molar-refractivity contribution in [2.45, 2.75) is 63.5 Å². The predicted octanol–water partition coefficient (Wildman–Crippen LogP) is 0.335. The summed E-state index contributed by atoms with van der Waals surface area (Å²) >= 11 is 0. The number of nitrogens with one attached hydrogen (secondary N) is 3. The molecule has 0 saturated heterocycles. The van der Waals surface area contributed by atoms with Crippen molar-refractivity contribution in [3.63, 3.8) is 0 Å². The van der Waals surface area contributed by atoms with E-state index in [1.165, 1.54) is 19.0 Å². The molecule has 9 heteroatoms. The number of carbonyl (C=O) groups excluding carboxylic acids is 3. The molecule has 0 aromatic heterocycles. The van der Waals surface area contributed by atoms with Crippen molar-refractivity contribution < 1.29 is 14.4 Å². The molecule has 2 atom stereocenters. The van der Waals surface area contributed by atoms with Crippen LogP contribution in [0.3, 0.4) is 0 Å². The lowest BCUT2D eigenvalue weighted by Gasteiger charge is -2.28. The van der Waals surface area contributed by atoms with E-state index >= 15 is 0 Å². The highest BCUT2D eigenvalue weighted by Gasteiger charge is 2.43. The number of nitrogens with zero attached hydrogens (tertiary/aromatic N) is 1. The smallest absolute Gasteiger partial charge is 0.250 e. The fourth-order valence-corrected chi connectivity index (χ4v) is 5.17. The van der Waals surface area contributed by atoms with Crippen molar-refractivity contribution in [2.24, 2.45) is 17.5 Å². The van der Waals surface area contributed by atoms with Crippen LogP contribution in [0.5, 0.6) is 0 Å². The molecule has 3 aliphatic rings. The van der Waals surface area contributed by atoms with E-state index in [1.54, 1.807) is 4.90 Å². The van der Waals surface area contributed by atoms with Crippen LogP contribution in [0.2, 0.25) is 0 Å². The minimum Gasteiger partial charge on any atom is -0.399 e. The first-order chi connectivity index (χ1) is 15.5. The van der Waals surface area contributed by atoms with Gasteiger partial charge in [0.2, 0.25) is 17.7 Å². The van der Waals surface area contributed by atoms with E-state index in [2.05, 4.69) is 16.1 Å². The van der Waals surface area contributed by atoms with Gasteiger partial charge < -0.3 is 21.8 Å². The summed E-state index contributed by atoms with van der Waals surface area (Å²) in [6, 6.07) is 4.60. The first-order valence-corrected chi connectivity index (χ1v) is 11.4. The molecule has 32 heavy (non-hydrogen) atoms. The third-order valence-electron chi connectivity index (χ3n) is 6.73. The molecule has 1 saturated carbocycles. The van der Waals surface area contributed by atoms with E-state index < -0.39 is 12.1 Å². The van der Waals surface area contributed by atoms with E-state index in [4.69, 9.17) is 11.6 Å². The molecule has 1 aromatic carbocycles. The SMILES string of the molecule is NN/C=C(\N)CNC(=O)C1Cc2cccc3c2N1C(=O)C(NC(=O)CC1CCCC1)CC3. The van der Waals surface area contributed by atoms with E-state index in [0.717, 1.165) is 29.7 Å². The van der Waals surface area contributed by atoms with E-state index in [1.807, 2.05) is 18.2 Å². The second-order valence-electron chi connectivity index (χ2n) is 8.97. The standard InChI is InChI=1S/C23H32N6O3/c24-17(13-27-25)12-26-22(31)19-11-16-7-3-6-15-8-9-18(23(32)29(19)21(15)16)28-20(30)10-14-4-1-2-5-14/h3,6-7,13-14,18-19,27H,1-2,4-5,8-12,24-25H2,(H,26,31)(H,28,30)/b17-13-. The normalized spacial score (nSPS) is 23.0. The zero-order valence-electron chi connectivity index (χ0n) is 18.2. The van der Waals surface area contributed by atoms with Gasteiger partial charge in [0.25, 0.3) is 0 Å². The highest BCUT2D eigenvalue weighted by Crippen LogP contribution is 2.39. The second-order valence-corrected chi connectivity index (χ2v) is 8.97. The van der Waals surface area contributed by atoms with Gasteiger partial charge in [0.05, 0.1) is 12.2 Å². The lowest BCUT2D eigenvalue weighted by atomic mass is 10.0. The summed E-state index contributed by atoms with van der Waals surface area (Å²) in [4.78, 5) is 40.8. The van der Waals surface area contributed by atoms with Crippen LogP contribution in [0.25, 0.3) is 0 Å². The largest absolute Gasteiger partial charge is 0.399 e. The quantitative estimate of drug-likeness (QED) is 0.306. The Bertz CT molecular complexity index is 924. The zero-order valence-corrected chi connectivity index (χ0v) is 18.2. The van der Waals surface area contributed by atoms with Crippen LogP contribution in [0, 0.1) is 5.92 Å². The fourth-order valence-electron chi connectivity index (χ4n) is 5.17. The first kappa shape index (κ1) is 22.1. The molecule has 4 rings (SSSR count). The maximum absolute atomic E-state index is 13.6. The third kappa shape index (κ3) is 4.57. The van der Waals surface area contributed by atoms with Crippen LogP contribution < -0.4 is 32.5 Å². The Kier molecular flexibility index (Phi) is 6.64. The molecule has 3 amide bonds. The lowest BCUT2D eigenvalue weighted by Crippen LogP contribution is -2.54. The second kappa shape index (κ2) is 9.60. The monoisotopic (exact) mass is 440 g/mol. The molecule has 9 nitrogen and oxygen atoms in total. The molecular weight excluding hydrogens is 408 g/mol. The molecule has 1 fully saturated rings. The number of rotatable bonds is 7. The number of aryl methyl sites for hydroxylation is 1. The number of amides is 3. The number of hydrazine groups is 1. The van der Waals surface area contributed by atoms with Gasteiger partial charge in [0, 0.05) is 24.7 Å². The van der Waals surface area contributed by atoms with Crippen LogP contribution in [-0.4, -0.2) is 36.3 Å². The molecule has 2 heterocycles. The Morgan fingerprint density at radius 1 is 1.16 bits per heavy atom. The number of para-hydroxylation sites is 1. The Morgan fingerprint density at radius 2 is 1.91 bits per heavy atom. The molecule has 0 radical (unpaired) electrons. The van der Waals surface area contributed by atoms with Gasteiger partial charge in [-0.2, -0.15) is 0 Å². The van der Waals surface area contributed by atoms with Gasteiger partial charge in [-0.05, 0) is 42.7 Å². The predicted molar refractivity (Wildman–Crippen MR) is 121 cm³/mol. The summed E-state index contributed by atoms with van der Waals surface area (Å²) in [5.74, 6) is 5.05. The molecule has 1 aromatic rings. The molecule has 0 bridgehead atoms. The summed E-state index contributed by atoms with van der Waals surface area (Å²) in [7, 11) is 0. The average Bonchev–Trinajstić information content (AvgIpc) is 3.39. The van der Waals surface area contributed by atoms with Crippen LogP contribution in [0.4, 0.5) is 5.69 Å². The topological polar surface area (TPSA) is 143 Å². The van der Waals surface area contributed by atoms with Crippen molar-refractivity contribution >= 4 is 23.4 Å². The number of hydrogen-bond acceptors (Lipinski definition) is 6. The van der Waals surface area contributed by atoms with Crippen molar-refractivity contribution in [3.8, 4) is 0 Å². The third-order valence-corrected chi connectivity index (χ3v) is 6.73.